The van der Waals surface area contributed by atoms with Gasteiger partial charge >= 0.3 is 11.9 Å². The molecule has 0 aliphatic rings. The lowest BCUT2D eigenvalue weighted by Crippen LogP contribution is -2.09. The Hall–Kier alpha value is -1.13. The van der Waals surface area contributed by atoms with Crippen LogP contribution >= 0.6 is 7.37 Å². The second-order valence-corrected chi connectivity index (χ2v) is 5.17. The maximum Gasteiger partial charge on any atom is 0.371 e. The number of carbonyl (C=O) groups excluding carboxylic acids is 1. The first-order valence-corrected chi connectivity index (χ1v) is 5.93. The quantitative estimate of drug-likeness (QED) is 0.309. The van der Waals surface area contributed by atoms with Gasteiger partial charge in [0.1, 0.15) is 0 Å². The van der Waals surface area contributed by atoms with Gasteiger partial charge in [-0.05, 0) is 6.08 Å². The van der Waals surface area contributed by atoms with Gasteiger partial charge in [0.15, 0.2) is 0 Å². The molecule has 80 valence electrons. The first-order chi connectivity index (χ1) is 6.22. The maximum absolute atomic E-state index is 10.8. The summed E-state index contributed by atoms with van der Waals surface area (Å²) in [6.07, 6.45) is 0.562. The van der Waals surface area contributed by atoms with Gasteiger partial charge in [-0.1, -0.05) is 0 Å². The van der Waals surface area contributed by atoms with Crippen molar-refractivity contribution < 1.29 is 28.9 Å². The fraction of sp³-hybridized carbons (Fsp3) is 0.429. The summed E-state index contributed by atoms with van der Waals surface area (Å²) >= 11 is 0. The maximum atomic E-state index is 10.8. The fourth-order valence-corrected chi connectivity index (χ4v) is 1.08. The predicted molar refractivity (Wildman–Crippen MR) is 48.1 cm³/mol. The van der Waals surface area contributed by atoms with E-state index in [2.05, 4.69) is 4.74 Å². The molecule has 7 heteroatoms. The lowest BCUT2D eigenvalue weighted by atomic mass is 10.5. The molecule has 0 aromatic rings. The van der Waals surface area contributed by atoms with Crippen molar-refractivity contribution in [3.8, 4) is 0 Å². The van der Waals surface area contributed by atoms with Crippen molar-refractivity contribution in [3.05, 3.63) is 11.8 Å². The van der Waals surface area contributed by atoms with Gasteiger partial charge in [0.2, 0.25) is 13.1 Å². The van der Waals surface area contributed by atoms with Crippen LogP contribution in [0.4, 0.5) is 0 Å². The average Bonchev–Trinajstić information content (AvgIpc) is 1.94. The molecule has 0 aromatic heterocycles. The molecule has 14 heavy (non-hydrogen) atoms. The molecule has 0 aliphatic carbocycles. The van der Waals surface area contributed by atoms with E-state index in [0.717, 1.165) is 19.7 Å². The van der Waals surface area contributed by atoms with Crippen molar-refractivity contribution in [2.45, 2.75) is 6.92 Å². The zero-order valence-corrected chi connectivity index (χ0v) is 8.65. The Kier molecular flexibility index (Phi) is 4.53. The minimum atomic E-state index is -3.33. The number of esters is 1. The molecule has 0 radical (unpaired) electrons. The highest BCUT2D eigenvalue weighted by Crippen LogP contribution is 2.35. The lowest BCUT2D eigenvalue weighted by Gasteiger charge is -2.03. The molecule has 0 aromatic carbocycles. The molecule has 1 atom stereocenters. The Morgan fingerprint density at radius 3 is 2.29 bits per heavy atom. The van der Waals surface area contributed by atoms with E-state index in [-0.39, 0.29) is 6.16 Å². The average molecular weight is 222 g/mol. The Balaban J connectivity index is 4.58. The van der Waals surface area contributed by atoms with E-state index in [1.807, 2.05) is 0 Å². The van der Waals surface area contributed by atoms with Crippen molar-refractivity contribution in [2.75, 3.05) is 12.8 Å². The summed E-state index contributed by atoms with van der Waals surface area (Å²) in [5, 5.41) is 8.50. The zero-order chi connectivity index (χ0) is 11.4. The molecule has 1 unspecified atom stereocenters. The Morgan fingerprint density at radius 2 is 2.00 bits per heavy atom. The van der Waals surface area contributed by atoms with E-state index in [1.165, 1.54) is 0 Å². The molecule has 0 bridgehead atoms. The SMILES string of the molecule is CC(=O)O/C(=C\CP(C)(=O)O)C(=O)O. The highest BCUT2D eigenvalue weighted by atomic mass is 31.2. The zero-order valence-electron chi connectivity index (χ0n) is 7.76. The second-order valence-electron chi connectivity index (χ2n) is 2.70. The first-order valence-electron chi connectivity index (χ1n) is 3.63. The number of hydrogen-bond acceptors (Lipinski definition) is 4. The third kappa shape index (κ3) is 6.39. The minimum Gasteiger partial charge on any atom is -0.475 e. The van der Waals surface area contributed by atoms with Crippen LogP contribution < -0.4 is 0 Å². The molecule has 0 fully saturated rings. The van der Waals surface area contributed by atoms with Crippen molar-refractivity contribution >= 4 is 19.3 Å². The number of carbonyl (C=O) groups is 2. The Morgan fingerprint density at radius 1 is 1.50 bits per heavy atom. The molecular weight excluding hydrogens is 211 g/mol. The minimum absolute atomic E-state index is 0.345. The van der Waals surface area contributed by atoms with Crippen LogP contribution in [-0.2, 0) is 18.9 Å². The summed E-state index contributed by atoms with van der Waals surface area (Å²) in [6, 6.07) is 0. The largest absolute Gasteiger partial charge is 0.475 e. The fourth-order valence-electron chi connectivity index (χ4n) is 0.580. The van der Waals surface area contributed by atoms with E-state index < -0.39 is 25.1 Å². The summed E-state index contributed by atoms with van der Waals surface area (Å²) in [7, 11) is -3.33. The van der Waals surface area contributed by atoms with Crippen molar-refractivity contribution in [1.29, 1.82) is 0 Å². The van der Waals surface area contributed by atoms with Crippen LogP contribution in [0.5, 0.6) is 0 Å². The smallest absolute Gasteiger partial charge is 0.371 e. The Labute approximate surface area is 80.6 Å². The van der Waals surface area contributed by atoms with Crippen LogP contribution in [0.2, 0.25) is 0 Å². The molecule has 0 rings (SSSR count). The van der Waals surface area contributed by atoms with Crippen LogP contribution in [-0.4, -0.2) is 34.8 Å². The van der Waals surface area contributed by atoms with Gasteiger partial charge in [0, 0.05) is 19.8 Å². The summed E-state index contributed by atoms with van der Waals surface area (Å²) in [5.41, 5.74) is 0. The van der Waals surface area contributed by atoms with Crippen molar-refractivity contribution in [3.63, 3.8) is 0 Å². The van der Waals surface area contributed by atoms with Gasteiger partial charge < -0.3 is 14.7 Å². The highest BCUT2D eigenvalue weighted by Gasteiger charge is 2.14. The molecular formula is C7H11O6P. The van der Waals surface area contributed by atoms with Crippen LogP contribution in [0.15, 0.2) is 11.8 Å². The van der Waals surface area contributed by atoms with Crippen LogP contribution in [0.25, 0.3) is 0 Å². The molecule has 0 aliphatic heterocycles. The topological polar surface area (TPSA) is 101 Å². The van der Waals surface area contributed by atoms with Gasteiger partial charge in [-0.15, -0.1) is 0 Å². The van der Waals surface area contributed by atoms with Crippen LogP contribution in [0.3, 0.4) is 0 Å². The number of carboxylic acids is 1. The van der Waals surface area contributed by atoms with Gasteiger partial charge in [-0.3, -0.25) is 9.36 Å². The highest BCUT2D eigenvalue weighted by molar-refractivity contribution is 7.57. The third-order valence-corrected chi connectivity index (χ3v) is 1.94. The number of allylic oxidation sites excluding steroid dienone is 1. The molecule has 2 N–H and O–H groups in total. The monoisotopic (exact) mass is 222 g/mol. The number of ether oxygens (including phenoxy) is 1. The third-order valence-electron chi connectivity index (χ3n) is 1.08. The molecule has 0 saturated carbocycles. The van der Waals surface area contributed by atoms with E-state index >= 15 is 0 Å². The van der Waals surface area contributed by atoms with E-state index in [9.17, 15) is 14.2 Å². The number of rotatable bonds is 4. The number of carboxylic acid groups (broad SMARTS) is 1. The Bertz CT molecular complexity index is 312. The summed E-state index contributed by atoms with van der Waals surface area (Å²) in [6.45, 7) is 2.12. The summed E-state index contributed by atoms with van der Waals surface area (Å²) < 4.78 is 15.1. The van der Waals surface area contributed by atoms with Crippen LogP contribution in [0.1, 0.15) is 6.92 Å². The van der Waals surface area contributed by atoms with E-state index in [4.69, 9.17) is 10.00 Å². The standard InChI is InChI=1S/C7H11O6P/c1-5(8)13-6(7(9)10)3-4-14(2,11)12/h3H,4H2,1-2H3,(H,9,10)(H,11,12)/b6-3-. The molecule has 0 spiro atoms. The lowest BCUT2D eigenvalue weighted by molar-refractivity contribution is -0.146. The molecule has 0 heterocycles. The van der Waals surface area contributed by atoms with Gasteiger partial charge in [0.25, 0.3) is 0 Å². The van der Waals surface area contributed by atoms with Gasteiger partial charge in [0.05, 0.1) is 0 Å². The number of aliphatic carboxylic acids is 1. The van der Waals surface area contributed by atoms with Crippen molar-refractivity contribution in [2.24, 2.45) is 0 Å². The summed E-state index contributed by atoms with van der Waals surface area (Å²) in [5.74, 6) is -2.87. The van der Waals surface area contributed by atoms with E-state index in [0.29, 0.717) is 0 Å². The molecule has 0 saturated heterocycles. The first kappa shape index (κ1) is 12.9. The van der Waals surface area contributed by atoms with Crippen molar-refractivity contribution in [1.82, 2.24) is 0 Å². The summed E-state index contributed by atoms with van der Waals surface area (Å²) in [4.78, 5) is 29.7. The molecule has 6 nitrogen and oxygen atoms in total. The van der Waals surface area contributed by atoms with Crippen LogP contribution in [0, 0.1) is 0 Å². The predicted octanol–water partition coefficient (Wildman–Crippen LogP) is 0.418. The van der Waals surface area contributed by atoms with E-state index in [1.54, 1.807) is 0 Å². The van der Waals surface area contributed by atoms with Gasteiger partial charge in [-0.25, -0.2) is 4.79 Å². The normalized spacial score (nSPS) is 15.8. The molecule has 0 amide bonds. The second kappa shape index (κ2) is 4.93. The van der Waals surface area contributed by atoms with Gasteiger partial charge in [-0.2, -0.15) is 0 Å². The number of hydrogen-bond donors (Lipinski definition) is 2.